The summed E-state index contributed by atoms with van der Waals surface area (Å²) >= 11 is 0. The Bertz CT molecular complexity index is 666. The highest BCUT2D eigenvalue weighted by atomic mass is 16.7. The van der Waals surface area contributed by atoms with Crippen LogP contribution in [0.25, 0.3) is 0 Å². The normalized spacial score (nSPS) is 16.8. The van der Waals surface area contributed by atoms with Crippen molar-refractivity contribution in [2.45, 2.75) is 12.6 Å². The molecule has 1 atom stereocenters. The molecular weight excluding hydrogens is 268 g/mol. The molecule has 0 bridgehead atoms. The number of hydrogen-bond donors (Lipinski definition) is 2. The number of rotatable bonds is 4. The first-order chi connectivity index (χ1) is 10.2. The molecule has 1 aliphatic rings. The maximum atomic E-state index is 10.8. The van der Waals surface area contributed by atoms with Gasteiger partial charge >= 0.3 is 5.97 Å². The predicted octanol–water partition coefficient (Wildman–Crippen LogP) is 2.24. The molecule has 0 saturated heterocycles. The lowest BCUT2D eigenvalue weighted by atomic mass is 10.1. The molecule has 1 unspecified atom stereocenters. The molecule has 5 nitrogen and oxygen atoms in total. The number of carbonyl (C=O) groups is 1. The van der Waals surface area contributed by atoms with Gasteiger partial charge in [0.05, 0.1) is 5.56 Å². The number of nitrogens with zero attached hydrogens (tertiary/aromatic N) is 1. The molecular formula is C16H14N2O3. The Labute approximate surface area is 121 Å². The molecule has 0 aromatic heterocycles. The fourth-order valence-electron chi connectivity index (χ4n) is 2.14. The number of benzene rings is 2. The first kappa shape index (κ1) is 13.2. The smallest absolute Gasteiger partial charge is 0.335 e. The fourth-order valence-corrected chi connectivity index (χ4v) is 2.14. The second-order valence-electron chi connectivity index (χ2n) is 4.75. The third-order valence-corrected chi connectivity index (χ3v) is 3.24. The summed E-state index contributed by atoms with van der Waals surface area (Å²) in [5.41, 5.74) is 2.21. The van der Waals surface area contributed by atoms with Crippen LogP contribution >= 0.6 is 0 Å². The molecule has 5 heteroatoms. The van der Waals surface area contributed by atoms with Gasteiger partial charge in [-0.3, -0.25) is 0 Å². The van der Waals surface area contributed by atoms with Crippen molar-refractivity contribution in [1.29, 1.82) is 0 Å². The maximum Gasteiger partial charge on any atom is 0.335 e. The molecule has 2 aromatic carbocycles. The number of amidine groups is 1. The number of nitrogens with one attached hydrogen (secondary N) is 1. The summed E-state index contributed by atoms with van der Waals surface area (Å²) in [6.45, 7) is 0. The highest BCUT2D eigenvalue weighted by molar-refractivity contribution is 6.00. The average Bonchev–Trinajstić information content (AvgIpc) is 2.97. The Morgan fingerprint density at radius 1 is 1.14 bits per heavy atom. The van der Waals surface area contributed by atoms with Gasteiger partial charge in [0.15, 0.2) is 5.84 Å². The topological polar surface area (TPSA) is 70.9 Å². The van der Waals surface area contributed by atoms with Crippen LogP contribution in [-0.4, -0.2) is 23.1 Å². The monoisotopic (exact) mass is 282 g/mol. The van der Waals surface area contributed by atoms with Crippen LogP contribution in [0.2, 0.25) is 0 Å². The van der Waals surface area contributed by atoms with Gasteiger partial charge in [-0.25, -0.2) is 4.79 Å². The number of carboxylic acids is 1. The van der Waals surface area contributed by atoms with Gasteiger partial charge in [-0.15, -0.1) is 0 Å². The summed E-state index contributed by atoms with van der Waals surface area (Å²) in [6, 6.07) is 16.5. The van der Waals surface area contributed by atoms with Gasteiger partial charge in [0.1, 0.15) is 0 Å². The van der Waals surface area contributed by atoms with E-state index in [2.05, 4.69) is 10.5 Å². The van der Waals surface area contributed by atoms with E-state index in [0.717, 1.165) is 11.1 Å². The van der Waals surface area contributed by atoms with E-state index in [1.807, 2.05) is 30.3 Å². The minimum atomic E-state index is -0.943. The van der Waals surface area contributed by atoms with Crippen LogP contribution in [0.5, 0.6) is 0 Å². The summed E-state index contributed by atoms with van der Waals surface area (Å²) in [5.74, 6) is -0.325. The third kappa shape index (κ3) is 3.02. The Kier molecular flexibility index (Phi) is 3.55. The maximum absolute atomic E-state index is 10.8. The van der Waals surface area contributed by atoms with Crippen LogP contribution in [0.1, 0.15) is 21.5 Å². The van der Waals surface area contributed by atoms with Crippen molar-refractivity contribution in [2.24, 2.45) is 5.16 Å². The second kappa shape index (κ2) is 5.66. The summed E-state index contributed by atoms with van der Waals surface area (Å²) in [6.07, 6.45) is 0.502. The van der Waals surface area contributed by atoms with E-state index >= 15 is 0 Å². The molecule has 0 aliphatic carbocycles. The van der Waals surface area contributed by atoms with Crippen molar-refractivity contribution < 1.29 is 14.7 Å². The van der Waals surface area contributed by atoms with E-state index in [1.54, 1.807) is 24.3 Å². The number of aromatic carboxylic acids is 1. The van der Waals surface area contributed by atoms with E-state index in [1.165, 1.54) is 0 Å². The van der Waals surface area contributed by atoms with Gasteiger partial charge in [0.2, 0.25) is 6.23 Å². The molecule has 21 heavy (non-hydrogen) atoms. The Morgan fingerprint density at radius 3 is 2.52 bits per heavy atom. The van der Waals surface area contributed by atoms with Crippen LogP contribution in [0, 0.1) is 0 Å². The van der Waals surface area contributed by atoms with Gasteiger partial charge in [-0.1, -0.05) is 47.6 Å². The lowest BCUT2D eigenvalue weighted by Crippen LogP contribution is -2.31. The van der Waals surface area contributed by atoms with E-state index in [-0.39, 0.29) is 11.8 Å². The van der Waals surface area contributed by atoms with Crippen molar-refractivity contribution in [3.63, 3.8) is 0 Å². The van der Waals surface area contributed by atoms with Crippen LogP contribution in [0.4, 0.5) is 0 Å². The number of oxime groups is 1. The van der Waals surface area contributed by atoms with Crippen molar-refractivity contribution in [3.8, 4) is 0 Å². The van der Waals surface area contributed by atoms with Crippen molar-refractivity contribution in [2.75, 3.05) is 0 Å². The molecule has 0 spiro atoms. The minimum Gasteiger partial charge on any atom is -0.478 e. The quantitative estimate of drug-likeness (QED) is 0.902. The number of carboxylic acid groups (broad SMARTS) is 1. The van der Waals surface area contributed by atoms with Crippen molar-refractivity contribution in [1.82, 2.24) is 5.32 Å². The van der Waals surface area contributed by atoms with Gasteiger partial charge in [-0.2, -0.15) is 0 Å². The molecule has 106 valence electrons. The molecule has 1 aliphatic heterocycles. The van der Waals surface area contributed by atoms with Crippen LogP contribution in [0.15, 0.2) is 59.8 Å². The standard InChI is InChI=1S/C16H14N2O3/c19-16(20)13-8-6-12(7-9-13)15-17-14(21-18-15)10-11-4-2-1-3-5-11/h1-9,14H,10H2,(H,17,18)(H,19,20). The highest BCUT2D eigenvalue weighted by Crippen LogP contribution is 2.13. The van der Waals surface area contributed by atoms with Crippen molar-refractivity contribution in [3.05, 3.63) is 71.3 Å². The average molecular weight is 282 g/mol. The van der Waals surface area contributed by atoms with E-state index in [4.69, 9.17) is 9.94 Å². The first-order valence-corrected chi connectivity index (χ1v) is 6.60. The lowest BCUT2D eigenvalue weighted by Gasteiger charge is -2.10. The predicted molar refractivity (Wildman–Crippen MR) is 78.1 cm³/mol. The van der Waals surface area contributed by atoms with Crippen LogP contribution in [-0.2, 0) is 11.3 Å². The van der Waals surface area contributed by atoms with E-state index < -0.39 is 5.97 Å². The summed E-state index contributed by atoms with van der Waals surface area (Å²) in [7, 11) is 0. The molecule has 0 fully saturated rings. The summed E-state index contributed by atoms with van der Waals surface area (Å²) in [5, 5.41) is 16.1. The summed E-state index contributed by atoms with van der Waals surface area (Å²) < 4.78 is 0. The van der Waals surface area contributed by atoms with Gasteiger partial charge < -0.3 is 15.3 Å². The van der Waals surface area contributed by atoms with E-state index in [9.17, 15) is 4.79 Å². The van der Waals surface area contributed by atoms with Gasteiger partial charge in [0.25, 0.3) is 0 Å². The van der Waals surface area contributed by atoms with Crippen LogP contribution < -0.4 is 5.32 Å². The Hall–Kier alpha value is -2.82. The molecule has 2 N–H and O–H groups in total. The zero-order chi connectivity index (χ0) is 14.7. The Balaban J connectivity index is 1.65. The first-order valence-electron chi connectivity index (χ1n) is 6.60. The van der Waals surface area contributed by atoms with Crippen LogP contribution in [0.3, 0.4) is 0 Å². The fraction of sp³-hybridized carbons (Fsp3) is 0.125. The van der Waals surface area contributed by atoms with Crippen molar-refractivity contribution >= 4 is 11.8 Å². The molecule has 0 radical (unpaired) electrons. The molecule has 0 amide bonds. The lowest BCUT2D eigenvalue weighted by molar-refractivity contribution is 0.0696. The second-order valence-corrected chi connectivity index (χ2v) is 4.75. The molecule has 1 heterocycles. The molecule has 2 aromatic rings. The van der Waals surface area contributed by atoms with Gasteiger partial charge in [-0.05, 0) is 17.7 Å². The molecule has 0 saturated carbocycles. The zero-order valence-corrected chi connectivity index (χ0v) is 11.2. The largest absolute Gasteiger partial charge is 0.478 e. The Morgan fingerprint density at radius 2 is 1.86 bits per heavy atom. The minimum absolute atomic E-state index is 0.207. The molecule has 3 rings (SSSR count). The zero-order valence-electron chi connectivity index (χ0n) is 11.2. The highest BCUT2D eigenvalue weighted by Gasteiger charge is 2.21. The number of hydrogen-bond acceptors (Lipinski definition) is 4. The SMILES string of the molecule is O=C(O)c1ccc(C2=NOC(Cc3ccccc3)N2)cc1. The van der Waals surface area contributed by atoms with E-state index in [0.29, 0.717) is 12.3 Å². The third-order valence-electron chi connectivity index (χ3n) is 3.24. The van der Waals surface area contributed by atoms with Gasteiger partial charge in [0, 0.05) is 12.0 Å². The summed E-state index contributed by atoms with van der Waals surface area (Å²) in [4.78, 5) is 16.2.